The smallest absolute Gasteiger partial charge is 0.241 e. The Balaban J connectivity index is 2.54. The average Bonchev–Trinajstić information content (AvgIpc) is 2.46. The van der Waals surface area contributed by atoms with Gasteiger partial charge in [-0.25, -0.2) is 0 Å². The van der Waals surface area contributed by atoms with Crippen LogP contribution in [0.4, 0.5) is 11.4 Å². The molecule has 0 aliphatic rings. The van der Waals surface area contributed by atoms with Gasteiger partial charge in [0.2, 0.25) is 11.8 Å². The van der Waals surface area contributed by atoms with Gasteiger partial charge in [-0.1, -0.05) is 13.8 Å². The van der Waals surface area contributed by atoms with Crippen LogP contribution in [0.5, 0.6) is 0 Å². The summed E-state index contributed by atoms with van der Waals surface area (Å²) in [4.78, 5) is 23.4. The van der Waals surface area contributed by atoms with Crippen LogP contribution in [-0.4, -0.2) is 31.6 Å². The highest BCUT2D eigenvalue weighted by molar-refractivity contribution is 5.95. The molecule has 0 fully saturated rings. The Morgan fingerprint density at radius 2 is 1.57 bits per heavy atom. The van der Waals surface area contributed by atoms with Gasteiger partial charge in [0.15, 0.2) is 0 Å². The molecule has 0 bridgehead atoms. The van der Waals surface area contributed by atoms with Gasteiger partial charge in [-0.15, -0.1) is 0 Å². The zero-order chi connectivity index (χ0) is 15.8. The molecule has 1 unspecified atom stereocenters. The van der Waals surface area contributed by atoms with Crippen LogP contribution in [0.15, 0.2) is 24.3 Å². The lowest BCUT2D eigenvalue weighted by atomic mass is 10.2. The number of amides is 2. The van der Waals surface area contributed by atoms with Gasteiger partial charge in [0.25, 0.3) is 0 Å². The van der Waals surface area contributed by atoms with Crippen molar-refractivity contribution in [2.45, 2.75) is 26.3 Å². The molecule has 6 nitrogen and oxygen atoms in total. The first-order chi connectivity index (χ1) is 9.93. The van der Waals surface area contributed by atoms with Gasteiger partial charge in [0, 0.05) is 31.0 Å². The standard InChI is InChI=1S/C15H23N3O3/c1-10(2)14(19)17-11-4-6-12(7-5-11)18-15(20)13(16)8-9-21-3/h4-7,10,13H,8-9,16H2,1-3H3,(H,17,19)(H,18,20). The first-order valence-electron chi connectivity index (χ1n) is 6.90. The molecule has 4 N–H and O–H groups in total. The Kier molecular flexibility index (Phi) is 6.84. The SMILES string of the molecule is COCCC(N)C(=O)Nc1ccc(NC(=O)C(C)C)cc1. The second-order valence-electron chi connectivity index (χ2n) is 5.10. The Morgan fingerprint density at radius 1 is 1.10 bits per heavy atom. The Bertz CT molecular complexity index is 472. The highest BCUT2D eigenvalue weighted by Gasteiger charge is 2.13. The highest BCUT2D eigenvalue weighted by atomic mass is 16.5. The van der Waals surface area contributed by atoms with Gasteiger partial charge >= 0.3 is 0 Å². The maximum absolute atomic E-state index is 11.8. The van der Waals surface area contributed by atoms with Crippen molar-refractivity contribution >= 4 is 23.2 Å². The summed E-state index contributed by atoms with van der Waals surface area (Å²) in [5, 5.41) is 5.50. The van der Waals surface area contributed by atoms with Crippen molar-refractivity contribution < 1.29 is 14.3 Å². The molecule has 0 aliphatic heterocycles. The minimum atomic E-state index is -0.606. The van der Waals surface area contributed by atoms with Gasteiger partial charge in [0.05, 0.1) is 6.04 Å². The quantitative estimate of drug-likeness (QED) is 0.711. The molecule has 2 amide bonds. The van der Waals surface area contributed by atoms with Crippen molar-refractivity contribution in [2.75, 3.05) is 24.4 Å². The molecule has 6 heteroatoms. The van der Waals surface area contributed by atoms with Crippen molar-refractivity contribution in [3.63, 3.8) is 0 Å². The van der Waals surface area contributed by atoms with E-state index in [0.29, 0.717) is 24.4 Å². The van der Waals surface area contributed by atoms with Crippen LogP contribution in [-0.2, 0) is 14.3 Å². The maximum atomic E-state index is 11.8. The number of carbonyl (C=O) groups is 2. The van der Waals surface area contributed by atoms with E-state index in [9.17, 15) is 9.59 Å². The van der Waals surface area contributed by atoms with E-state index in [4.69, 9.17) is 10.5 Å². The first kappa shape index (κ1) is 17.1. The second-order valence-corrected chi connectivity index (χ2v) is 5.10. The summed E-state index contributed by atoms with van der Waals surface area (Å²) in [7, 11) is 1.56. The minimum absolute atomic E-state index is 0.0478. The van der Waals surface area contributed by atoms with E-state index in [1.807, 2.05) is 13.8 Å². The van der Waals surface area contributed by atoms with E-state index in [0.717, 1.165) is 0 Å². The predicted octanol–water partition coefficient (Wildman–Crippen LogP) is 1.58. The van der Waals surface area contributed by atoms with E-state index in [2.05, 4.69) is 10.6 Å². The molecule has 0 saturated carbocycles. The van der Waals surface area contributed by atoms with Crippen molar-refractivity contribution in [2.24, 2.45) is 11.7 Å². The third-order valence-electron chi connectivity index (χ3n) is 2.91. The molecule has 1 atom stereocenters. The number of methoxy groups -OCH3 is 1. The second kappa shape index (κ2) is 8.39. The summed E-state index contributed by atoms with van der Waals surface area (Å²) in [6.07, 6.45) is 0.463. The number of carbonyl (C=O) groups excluding carboxylic acids is 2. The normalized spacial score (nSPS) is 12.0. The molecule has 116 valence electrons. The fourth-order valence-corrected chi connectivity index (χ4v) is 1.53. The monoisotopic (exact) mass is 293 g/mol. The van der Waals surface area contributed by atoms with Crippen LogP contribution >= 0.6 is 0 Å². The van der Waals surface area contributed by atoms with Crippen molar-refractivity contribution in [1.82, 2.24) is 0 Å². The molecule has 1 aromatic carbocycles. The van der Waals surface area contributed by atoms with E-state index in [1.54, 1.807) is 31.4 Å². The van der Waals surface area contributed by atoms with Crippen LogP contribution < -0.4 is 16.4 Å². The molecule has 0 spiro atoms. The fraction of sp³-hybridized carbons (Fsp3) is 0.467. The van der Waals surface area contributed by atoms with Crippen LogP contribution in [0.2, 0.25) is 0 Å². The van der Waals surface area contributed by atoms with E-state index >= 15 is 0 Å². The van der Waals surface area contributed by atoms with Crippen molar-refractivity contribution in [3.05, 3.63) is 24.3 Å². The Morgan fingerprint density at radius 3 is 2.00 bits per heavy atom. The summed E-state index contributed by atoms with van der Waals surface area (Å²) < 4.78 is 4.88. The van der Waals surface area contributed by atoms with Gasteiger partial charge in [-0.2, -0.15) is 0 Å². The third kappa shape index (κ3) is 5.93. The van der Waals surface area contributed by atoms with Crippen molar-refractivity contribution in [1.29, 1.82) is 0 Å². The zero-order valence-electron chi connectivity index (χ0n) is 12.7. The van der Waals surface area contributed by atoms with Gasteiger partial charge in [0.1, 0.15) is 0 Å². The molecule has 21 heavy (non-hydrogen) atoms. The number of nitrogens with one attached hydrogen (secondary N) is 2. The topological polar surface area (TPSA) is 93.4 Å². The number of rotatable bonds is 7. The lowest BCUT2D eigenvalue weighted by Gasteiger charge is -2.12. The highest BCUT2D eigenvalue weighted by Crippen LogP contribution is 2.14. The minimum Gasteiger partial charge on any atom is -0.385 e. The van der Waals surface area contributed by atoms with E-state index in [1.165, 1.54) is 0 Å². The number of anilines is 2. The van der Waals surface area contributed by atoms with Gasteiger partial charge in [-0.3, -0.25) is 9.59 Å². The summed E-state index contributed by atoms with van der Waals surface area (Å²) >= 11 is 0. The zero-order valence-corrected chi connectivity index (χ0v) is 12.7. The number of ether oxygens (including phenoxy) is 1. The maximum Gasteiger partial charge on any atom is 0.241 e. The Labute approximate surface area is 125 Å². The molecule has 1 rings (SSSR count). The lowest BCUT2D eigenvalue weighted by molar-refractivity contribution is -0.119. The molecule has 0 radical (unpaired) electrons. The molecular formula is C15H23N3O3. The lowest BCUT2D eigenvalue weighted by Crippen LogP contribution is -2.36. The molecule has 0 heterocycles. The fourth-order valence-electron chi connectivity index (χ4n) is 1.53. The number of benzene rings is 1. The third-order valence-corrected chi connectivity index (χ3v) is 2.91. The average molecular weight is 293 g/mol. The van der Waals surface area contributed by atoms with Crippen LogP contribution in [0.25, 0.3) is 0 Å². The largest absolute Gasteiger partial charge is 0.385 e. The number of hydrogen-bond acceptors (Lipinski definition) is 4. The summed E-state index contributed by atoms with van der Waals surface area (Å²) in [6.45, 7) is 4.09. The molecule has 0 saturated heterocycles. The molecule has 1 aromatic rings. The molecular weight excluding hydrogens is 270 g/mol. The number of hydrogen-bond donors (Lipinski definition) is 3. The summed E-state index contributed by atoms with van der Waals surface area (Å²) in [5.74, 6) is -0.387. The van der Waals surface area contributed by atoms with Crippen LogP contribution in [0, 0.1) is 5.92 Å². The van der Waals surface area contributed by atoms with Gasteiger partial charge < -0.3 is 21.1 Å². The molecule has 0 aromatic heterocycles. The van der Waals surface area contributed by atoms with Crippen LogP contribution in [0.1, 0.15) is 20.3 Å². The predicted molar refractivity (Wildman–Crippen MR) is 83.0 cm³/mol. The number of nitrogens with two attached hydrogens (primary N) is 1. The van der Waals surface area contributed by atoms with E-state index in [-0.39, 0.29) is 17.7 Å². The summed E-state index contributed by atoms with van der Waals surface area (Å²) in [6, 6.07) is 6.30. The van der Waals surface area contributed by atoms with E-state index < -0.39 is 6.04 Å². The molecule has 0 aliphatic carbocycles. The first-order valence-corrected chi connectivity index (χ1v) is 6.90. The van der Waals surface area contributed by atoms with Crippen LogP contribution in [0.3, 0.4) is 0 Å². The van der Waals surface area contributed by atoms with Gasteiger partial charge in [-0.05, 0) is 30.7 Å². The Hall–Kier alpha value is -1.92. The summed E-state index contributed by atoms with van der Waals surface area (Å²) in [5.41, 5.74) is 7.06. The van der Waals surface area contributed by atoms with Crippen molar-refractivity contribution in [3.8, 4) is 0 Å².